The van der Waals surface area contributed by atoms with Gasteiger partial charge in [0, 0.05) is 17.0 Å². The van der Waals surface area contributed by atoms with Crippen molar-refractivity contribution in [3.63, 3.8) is 0 Å². The Hall–Kier alpha value is -2.00. The molecule has 0 spiro atoms. The average Bonchev–Trinajstić information content (AvgIpc) is 2.54. The maximum atomic E-state index is 12.2. The van der Waals surface area contributed by atoms with Crippen molar-refractivity contribution >= 4 is 17.5 Å². The zero-order valence-electron chi connectivity index (χ0n) is 12.1. The Kier molecular flexibility index (Phi) is 5.23. The maximum Gasteiger partial charge on any atom is 0.251 e. The van der Waals surface area contributed by atoms with Gasteiger partial charge in [-0.1, -0.05) is 30.3 Å². The highest BCUT2D eigenvalue weighted by atomic mass is 35.5. The van der Waals surface area contributed by atoms with Gasteiger partial charge in [-0.05, 0) is 30.7 Å². The number of hydrogen-bond donors (Lipinski definition) is 1. The van der Waals surface area contributed by atoms with Gasteiger partial charge < -0.3 is 10.1 Å². The van der Waals surface area contributed by atoms with Crippen LogP contribution >= 0.6 is 11.6 Å². The number of alkyl halides is 1. The quantitative estimate of drug-likeness (QED) is 0.850. The van der Waals surface area contributed by atoms with Gasteiger partial charge in [-0.25, -0.2) is 0 Å². The number of benzene rings is 2. The molecule has 1 N–H and O–H groups in total. The van der Waals surface area contributed by atoms with E-state index < -0.39 is 0 Å². The van der Waals surface area contributed by atoms with Crippen LogP contribution in [0.3, 0.4) is 0 Å². The monoisotopic (exact) mass is 303 g/mol. The highest BCUT2D eigenvalue weighted by Gasteiger charge is 2.14. The van der Waals surface area contributed by atoms with Gasteiger partial charge in [0.1, 0.15) is 5.75 Å². The molecule has 2 aromatic rings. The van der Waals surface area contributed by atoms with Gasteiger partial charge in [-0.15, -0.1) is 11.6 Å². The van der Waals surface area contributed by atoms with Crippen LogP contribution in [0.4, 0.5) is 0 Å². The number of carbonyl (C=O) groups excluding carboxylic acids is 1. The summed E-state index contributed by atoms with van der Waals surface area (Å²) in [6, 6.07) is 14.8. The van der Waals surface area contributed by atoms with Gasteiger partial charge >= 0.3 is 0 Å². The van der Waals surface area contributed by atoms with E-state index in [0.717, 1.165) is 16.9 Å². The molecule has 1 atom stereocenters. The number of para-hydroxylation sites is 1. The summed E-state index contributed by atoms with van der Waals surface area (Å²) >= 11 is 5.74. The molecule has 0 aliphatic heterocycles. The van der Waals surface area contributed by atoms with E-state index in [1.165, 1.54) is 0 Å². The lowest BCUT2D eigenvalue weighted by Crippen LogP contribution is -2.26. The summed E-state index contributed by atoms with van der Waals surface area (Å²) in [7, 11) is 1.62. The van der Waals surface area contributed by atoms with Crippen LogP contribution in [0.5, 0.6) is 5.75 Å². The van der Waals surface area contributed by atoms with Crippen LogP contribution in [0, 0.1) is 0 Å². The second-order valence-electron chi connectivity index (χ2n) is 4.77. The van der Waals surface area contributed by atoms with Crippen molar-refractivity contribution in [2.45, 2.75) is 18.8 Å². The Balaban J connectivity index is 2.11. The molecule has 0 saturated heterocycles. The summed E-state index contributed by atoms with van der Waals surface area (Å²) in [5.41, 5.74) is 2.56. The lowest BCUT2D eigenvalue weighted by molar-refractivity contribution is 0.0939. The fourth-order valence-electron chi connectivity index (χ4n) is 2.13. The summed E-state index contributed by atoms with van der Waals surface area (Å²) in [6.45, 7) is 1.93. The van der Waals surface area contributed by atoms with Gasteiger partial charge in [0.2, 0.25) is 0 Å². The van der Waals surface area contributed by atoms with Crippen LogP contribution in [0.1, 0.15) is 34.5 Å². The second kappa shape index (κ2) is 7.14. The lowest BCUT2D eigenvalue weighted by Gasteiger charge is -2.17. The van der Waals surface area contributed by atoms with Crippen molar-refractivity contribution in [1.29, 1.82) is 0 Å². The predicted molar refractivity (Wildman–Crippen MR) is 84.9 cm³/mol. The average molecular weight is 304 g/mol. The maximum absolute atomic E-state index is 12.2. The molecule has 0 heterocycles. The van der Waals surface area contributed by atoms with Crippen LogP contribution in [-0.4, -0.2) is 13.0 Å². The van der Waals surface area contributed by atoms with E-state index in [1.54, 1.807) is 19.2 Å². The number of rotatable bonds is 5. The molecular formula is C17H18ClNO2. The normalized spacial score (nSPS) is 11.8. The summed E-state index contributed by atoms with van der Waals surface area (Å²) in [6.07, 6.45) is 0. The first-order valence-corrected chi connectivity index (χ1v) is 7.28. The number of carbonyl (C=O) groups is 1. The Bertz CT molecular complexity index is 610. The van der Waals surface area contributed by atoms with Gasteiger partial charge in [0.15, 0.2) is 0 Å². The molecule has 110 valence electrons. The van der Waals surface area contributed by atoms with E-state index in [4.69, 9.17) is 16.3 Å². The smallest absolute Gasteiger partial charge is 0.251 e. The molecule has 0 radical (unpaired) electrons. The molecular weight excluding hydrogens is 286 g/mol. The predicted octanol–water partition coefficient (Wildman–Crippen LogP) is 3.93. The molecule has 0 aromatic heterocycles. The number of halogens is 1. The lowest BCUT2D eigenvalue weighted by atomic mass is 10.1. The van der Waals surface area contributed by atoms with Gasteiger partial charge in [0.05, 0.1) is 13.2 Å². The van der Waals surface area contributed by atoms with Crippen molar-refractivity contribution in [1.82, 2.24) is 5.32 Å². The second-order valence-corrected chi connectivity index (χ2v) is 5.03. The standard InChI is InChI=1S/C17H18ClNO2/c1-12(15-5-3-4-6-16(15)21-2)19-17(20)14-9-7-13(11-18)8-10-14/h3-10,12H,11H2,1-2H3,(H,19,20). The molecule has 3 nitrogen and oxygen atoms in total. The minimum absolute atomic E-state index is 0.116. The van der Waals surface area contributed by atoms with E-state index in [1.807, 2.05) is 43.3 Å². The third kappa shape index (κ3) is 3.76. The summed E-state index contributed by atoms with van der Waals surface area (Å²) in [5, 5.41) is 2.97. The molecule has 0 aliphatic rings. The fourth-order valence-corrected chi connectivity index (χ4v) is 2.31. The molecule has 0 fully saturated rings. The third-order valence-electron chi connectivity index (χ3n) is 3.32. The first-order chi connectivity index (χ1) is 10.2. The fraction of sp³-hybridized carbons (Fsp3) is 0.235. The third-order valence-corrected chi connectivity index (χ3v) is 3.63. The van der Waals surface area contributed by atoms with Crippen molar-refractivity contribution < 1.29 is 9.53 Å². The van der Waals surface area contributed by atoms with E-state index >= 15 is 0 Å². The van der Waals surface area contributed by atoms with Crippen LogP contribution in [0.25, 0.3) is 0 Å². The van der Waals surface area contributed by atoms with Crippen molar-refractivity contribution in [3.8, 4) is 5.75 Å². The zero-order valence-corrected chi connectivity index (χ0v) is 12.9. The van der Waals surface area contributed by atoms with E-state index in [2.05, 4.69) is 5.32 Å². The van der Waals surface area contributed by atoms with Crippen LogP contribution in [-0.2, 0) is 5.88 Å². The number of amides is 1. The topological polar surface area (TPSA) is 38.3 Å². The summed E-state index contributed by atoms with van der Waals surface area (Å²) in [4.78, 5) is 12.2. The van der Waals surface area contributed by atoms with Crippen LogP contribution in [0.2, 0.25) is 0 Å². The van der Waals surface area contributed by atoms with Crippen LogP contribution < -0.4 is 10.1 Å². The van der Waals surface area contributed by atoms with Crippen molar-refractivity contribution in [3.05, 3.63) is 65.2 Å². The highest BCUT2D eigenvalue weighted by Crippen LogP contribution is 2.24. The van der Waals surface area contributed by atoms with Gasteiger partial charge in [-0.2, -0.15) is 0 Å². The Morgan fingerprint density at radius 1 is 1.19 bits per heavy atom. The van der Waals surface area contributed by atoms with Gasteiger partial charge in [-0.3, -0.25) is 4.79 Å². The molecule has 0 bridgehead atoms. The first-order valence-electron chi connectivity index (χ1n) is 6.74. The van der Waals surface area contributed by atoms with Crippen molar-refractivity contribution in [2.24, 2.45) is 0 Å². The minimum atomic E-state index is -0.138. The van der Waals surface area contributed by atoms with Gasteiger partial charge in [0.25, 0.3) is 5.91 Å². The highest BCUT2D eigenvalue weighted by molar-refractivity contribution is 6.17. The summed E-state index contributed by atoms with van der Waals surface area (Å²) < 4.78 is 5.32. The van der Waals surface area contributed by atoms with E-state index in [9.17, 15) is 4.79 Å². The van der Waals surface area contributed by atoms with E-state index in [-0.39, 0.29) is 11.9 Å². The molecule has 4 heteroatoms. The SMILES string of the molecule is COc1ccccc1C(C)NC(=O)c1ccc(CCl)cc1. The first kappa shape index (κ1) is 15.4. The number of nitrogens with one attached hydrogen (secondary N) is 1. The number of methoxy groups -OCH3 is 1. The Morgan fingerprint density at radius 2 is 1.86 bits per heavy atom. The zero-order chi connectivity index (χ0) is 15.2. The largest absolute Gasteiger partial charge is 0.496 e. The number of ether oxygens (including phenoxy) is 1. The molecule has 1 unspecified atom stereocenters. The molecule has 0 saturated carbocycles. The molecule has 0 aliphatic carbocycles. The van der Waals surface area contributed by atoms with E-state index in [0.29, 0.717) is 11.4 Å². The number of hydrogen-bond acceptors (Lipinski definition) is 2. The molecule has 2 aromatic carbocycles. The molecule has 21 heavy (non-hydrogen) atoms. The Morgan fingerprint density at radius 3 is 2.48 bits per heavy atom. The van der Waals surface area contributed by atoms with Crippen LogP contribution in [0.15, 0.2) is 48.5 Å². The summed E-state index contributed by atoms with van der Waals surface area (Å²) in [5.74, 6) is 1.09. The minimum Gasteiger partial charge on any atom is -0.496 e. The molecule has 1 amide bonds. The molecule has 2 rings (SSSR count). The van der Waals surface area contributed by atoms with Crippen molar-refractivity contribution in [2.75, 3.05) is 7.11 Å². The Labute approximate surface area is 129 Å².